The summed E-state index contributed by atoms with van der Waals surface area (Å²) in [6.07, 6.45) is 0.686. The van der Waals surface area contributed by atoms with Gasteiger partial charge in [-0.2, -0.15) is 5.26 Å². The van der Waals surface area contributed by atoms with E-state index in [4.69, 9.17) is 5.26 Å². The Kier molecular flexibility index (Phi) is 5.33. The Bertz CT molecular complexity index is 372. The fourth-order valence-electron chi connectivity index (χ4n) is 0.893. The summed E-state index contributed by atoms with van der Waals surface area (Å²) < 4.78 is 36.4. The number of rotatable bonds is 1. The Morgan fingerprint density at radius 2 is 2.00 bits per heavy atom. The summed E-state index contributed by atoms with van der Waals surface area (Å²) in [7, 11) is 0. The Labute approximate surface area is 122 Å². The minimum absolute atomic E-state index is 0. The second kappa shape index (κ2) is 5.28. The monoisotopic (exact) mass is 224 g/mol. The second-order valence-corrected chi connectivity index (χ2v) is 2.62. The van der Waals surface area contributed by atoms with Gasteiger partial charge in [0.05, 0.1) is 0 Å². The van der Waals surface area contributed by atoms with Gasteiger partial charge in [0.1, 0.15) is 11.8 Å². The van der Waals surface area contributed by atoms with Gasteiger partial charge in [-0.15, -0.1) is 0 Å². The van der Waals surface area contributed by atoms with Crippen LogP contribution in [0.2, 0.25) is 0 Å². The molecule has 1 aromatic heterocycles. The van der Waals surface area contributed by atoms with Gasteiger partial charge in [0.2, 0.25) is 0 Å². The van der Waals surface area contributed by atoms with Gasteiger partial charge in [-0.3, -0.25) is 0 Å². The topological polar surface area (TPSA) is 36.7 Å². The summed E-state index contributed by atoms with van der Waals surface area (Å²) >= 11 is 0. The molecule has 0 radical (unpaired) electrons. The van der Waals surface area contributed by atoms with Crippen molar-refractivity contribution in [1.82, 2.24) is 4.98 Å². The minimum Gasteiger partial charge on any atom is -0.445 e. The molecule has 0 aliphatic carbocycles. The number of nitrogens with zero attached hydrogens (tertiary/aromatic N) is 2. The molecule has 68 valence electrons. The zero-order valence-electron chi connectivity index (χ0n) is 7.76. The van der Waals surface area contributed by atoms with Crippen LogP contribution in [-0.2, 0) is 0 Å². The first-order valence-corrected chi connectivity index (χ1v) is 3.51. The second-order valence-electron chi connectivity index (χ2n) is 2.62. The number of nitriles is 1. The van der Waals surface area contributed by atoms with Crippen molar-refractivity contribution in [2.24, 2.45) is 0 Å². The maximum atomic E-state index is 12.1. The molecule has 0 bridgehead atoms. The van der Waals surface area contributed by atoms with E-state index in [1.807, 2.05) is 0 Å². The Balaban J connectivity index is 0.00000169. The van der Waals surface area contributed by atoms with Crippen LogP contribution in [0.5, 0.6) is 0 Å². The van der Waals surface area contributed by atoms with E-state index in [1.165, 1.54) is 6.92 Å². The standard InChI is InChI=1S/C7H5BF3N2.K/c1-5-2-6(8(9,10)11)4-13-7(5)3-12;/h2,4H,1H3;/q-1;+1. The summed E-state index contributed by atoms with van der Waals surface area (Å²) in [5, 5.41) is 8.42. The maximum absolute atomic E-state index is 12.1. The first-order chi connectivity index (χ1) is 5.95. The fraction of sp³-hybridized carbons (Fsp3) is 0.143. The van der Waals surface area contributed by atoms with Crippen molar-refractivity contribution in [2.75, 3.05) is 0 Å². The van der Waals surface area contributed by atoms with E-state index in [-0.39, 0.29) is 62.6 Å². The van der Waals surface area contributed by atoms with Crippen LogP contribution in [-0.4, -0.2) is 12.0 Å². The van der Waals surface area contributed by atoms with Crippen molar-refractivity contribution in [2.45, 2.75) is 6.92 Å². The van der Waals surface area contributed by atoms with Crippen LogP contribution in [0.3, 0.4) is 0 Å². The zero-order valence-corrected chi connectivity index (χ0v) is 10.9. The van der Waals surface area contributed by atoms with Crippen molar-refractivity contribution >= 4 is 12.4 Å². The van der Waals surface area contributed by atoms with Crippen molar-refractivity contribution in [1.29, 1.82) is 5.26 Å². The van der Waals surface area contributed by atoms with Crippen LogP contribution in [0.25, 0.3) is 0 Å². The van der Waals surface area contributed by atoms with Gasteiger partial charge in [0.15, 0.2) is 0 Å². The molecule has 0 spiro atoms. The quantitative estimate of drug-likeness (QED) is 0.534. The third kappa shape index (κ3) is 3.37. The number of halogens is 3. The molecular formula is C7H5BF3KN2. The first kappa shape index (κ1) is 14.1. The molecule has 0 aromatic carbocycles. The van der Waals surface area contributed by atoms with Gasteiger partial charge in [0, 0.05) is 6.20 Å². The van der Waals surface area contributed by atoms with Crippen LogP contribution in [0, 0.1) is 18.3 Å². The largest absolute Gasteiger partial charge is 1.00 e. The van der Waals surface area contributed by atoms with Crippen molar-refractivity contribution < 1.29 is 64.3 Å². The summed E-state index contributed by atoms with van der Waals surface area (Å²) in [4.78, 5) is 3.40. The predicted octanol–water partition coefficient (Wildman–Crippen LogP) is -1.68. The number of pyridine rings is 1. The molecule has 0 amide bonds. The van der Waals surface area contributed by atoms with Crippen molar-refractivity contribution in [3.05, 3.63) is 23.5 Å². The van der Waals surface area contributed by atoms with Gasteiger partial charge in [0.25, 0.3) is 0 Å². The van der Waals surface area contributed by atoms with E-state index < -0.39 is 12.4 Å². The fourth-order valence-corrected chi connectivity index (χ4v) is 0.893. The van der Waals surface area contributed by atoms with E-state index in [1.54, 1.807) is 6.07 Å². The zero-order chi connectivity index (χ0) is 10.1. The molecule has 7 heteroatoms. The van der Waals surface area contributed by atoms with Gasteiger partial charge in [-0.1, -0.05) is 11.5 Å². The molecule has 1 aromatic rings. The van der Waals surface area contributed by atoms with Crippen LogP contribution < -0.4 is 56.8 Å². The van der Waals surface area contributed by atoms with Gasteiger partial charge in [-0.05, 0) is 12.5 Å². The van der Waals surface area contributed by atoms with Gasteiger partial charge < -0.3 is 12.9 Å². The molecule has 0 aliphatic rings. The summed E-state index contributed by atoms with van der Waals surface area (Å²) in [5.41, 5.74) is -0.487. The SMILES string of the molecule is Cc1cc([B-](F)(F)F)cnc1C#N.[K+]. The van der Waals surface area contributed by atoms with E-state index >= 15 is 0 Å². The molecule has 0 aliphatic heterocycles. The van der Waals surface area contributed by atoms with Crippen molar-refractivity contribution in [3.63, 3.8) is 0 Å². The normalized spacial score (nSPS) is 10.2. The van der Waals surface area contributed by atoms with E-state index in [0.29, 0.717) is 6.20 Å². The average molecular weight is 224 g/mol. The van der Waals surface area contributed by atoms with Crippen LogP contribution in [0.15, 0.2) is 12.3 Å². The van der Waals surface area contributed by atoms with E-state index in [0.717, 1.165) is 6.07 Å². The third-order valence-electron chi connectivity index (χ3n) is 1.58. The van der Waals surface area contributed by atoms with Gasteiger partial charge >= 0.3 is 58.4 Å². The molecule has 0 saturated carbocycles. The van der Waals surface area contributed by atoms with Crippen LogP contribution >= 0.6 is 0 Å². The number of aryl methyl sites for hydroxylation is 1. The van der Waals surface area contributed by atoms with E-state index in [2.05, 4.69) is 4.98 Å². The molecule has 2 nitrogen and oxygen atoms in total. The number of hydrogen-bond donors (Lipinski definition) is 0. The molecular weight excluding hydrogens is 219 g/mol. The molecule has 0 fully saturated rings. The number of aromatic nitrogens is 1. The Morgan fingerprint density at radius 3 is 2.36 bits per heavy atom. The third-order valence-corrected chi connectivity index (χ3v) is 1.58. The van der Waals surface area contributed by atoms with Crippen LogP contribution in [0.1, 0.15) is 11.3 Å². The molecule has 0 saturated heterocycles. The molecule has 0 unspecified atom stereocenters. The first-order valence-electron chi connectivity index (χ1n) is 3.51. The average Bonchev–Trinajstić information content (AvgIpc) is 2.02. The molecule has 14 heavy (non-hydrogen) atoms. The molecule has 0 N–H and O–H groups in total. The molecule has 0 atom stereocenters. The maximum Gasteiger partial charge on any atom is 1.00 e. The summed E-state index contributed by atoms with van der Waals surface area (Å²) in [6, 6.07) is 2.64. The summed E-state index contributed by atoms with van der Waals surface area (Å²) in [6.45, 7) is -3.59. The molecule has 1 rings (SSSR count). The molecule has 1 heterocycles. The van der Waals surface area contributed by atoms with E-state index in [9.17, 15) is 12.9 Å². The smallest absolute Gasteiger partial charge is 0.445 e. The van der Waals surface area contributed by atoms with Gasteiger partial charge in [-0.25, -0.2) is 4.98 Å². The predicted molar refractivity (Wildman–Crippen MR) is 42.4 cm³/mol. The number of hydrogen-bond acceptors (Lipinski definition) is 2. The minimum atomic E-state index is -5.02. The Hall–Kier alpha value is 0.131. The van der Waals surface area contributed by atoms with Crippen LogP contribution in [0.4, 0.5) is 12.9 Å². The summed E-state index contributed by atoms with van der Waals surface area (Å²) in [5.74, 6) is 0. The Morgan fingerprint density at radius 1 is 1.43 bits per heavy atom. The van der Waals surface area contributed by atoms with Crippen molar-refractivity contribution in [3.8, 4) is 6.07 Å².